The summed E-state index contributed by atoms with van der Waals surface area (Å²) in [4.78, 5) is 24.5. The first kappa shape index (κ1) is 11.7. The van der Waals surface area contributed by atoms with E-state index in [0.29, 0.717) is 5.56 Å². The van der Waals surface area contributed by atoms with Gasteiger partial charge in [0.05, 0.1) is 5.56 Å². The van der Waals surface area contributed by atoms with Gasteiger partial charge in [0.2, 0.25) is 0 Å². The highest BCUT2D eigenvalue weighted by Gasteiger charge is 2.18. The van der Waals surface area contributed by atoms with Gasteiger partial charge in [-0.3, -0.25) is 9.59 Å². The van der Waals surface area contributed by atoms with Crippen molar-refractivity contribution < 1.29 is 14.7 Å². The second kappa shape index (κ2) is 4.44. The van der Waals surface area contributed by atoms with Crippen LogP contribution in [0.5, 0.6) is 0 Å². The van der Waals surface area contributed by atoms with Gasteiger partial charge in [0.1, 0.15) is 6.54 Å². The molecule has 0 aromatic carbocycles. The molecule has 1 heterocycles. The first-order valence-corrected chi connectivity index (χ1v) is 5.33. The molecule has 0 spiro atoms. The molecule has 1 amide bonds. The molecule has 0 aliphatic heterocycles. The minimum absolute atomic E-state index is 0.237. The van der Waals surface area contributed by atoms with Gasteiger partial charge < -0.3 is 10.0 Å². The Morgan fingerprint density at radius 3 is 2.47 bits per heavy atom. The summed E-state index contributed by atoms with van der Waals surface area (Å²) in [5.74, 6) is -1.24. The molecule has 0 saturated heterocycles. The van der Waals surface area contributed by atoms with Gasteiger partial charge in [-0.25, -0.2) is 0 Å². The number of nitrogens with zero attached hydrogens (tertiary/aromatic N) is 1. The van der Waals surface area contributed by atoms with E-state index >= 15 is 0 Å². The third kappa shape index (κ3) is 2.56. The van der Waals surface area contributed by atoms with Crippen molar-refractivity contribution in [1.82, 2.24) is 4.90 Å². The van der Waals surface area contributed by atoms with Crippen molar-refractivity contribution in [2.75, 3.05) is 13.6 Å². The normalized spacial score (nSPS) is 10.1. The molecule has 1 rings (SSSR count). The molecule has 0 saturated carbocycles. The molecule has 82 valence electrons. The third-order valence-corrected chi connectivity index (χ3v) is 3.25. The third-order valence-electron chi connectivity index (χ3n) is 2.24. The SMILES string of the molecule is Cc1scc(C(=O)N(C)CC(=O)O)c1C. The number of carbonyl (C=O) groups excluding carboxylic acids is 1. The Morgan fingerprint density at radius 1 is 1.47 bits per heavy atom. The fourth-order valence-corrected chi connectivity index (χ4v) is 2.06. The molecule has 5 heteroatoms. The summed E-state index contributed by atoms with van der Waals surface area (Å²) in [6, 6.07) is 0. The zero-order valence-electron chi connectivity index (χ0n) is 8.90. The van der Waals surface area contributed by atoms with Crippen LogP contribution in [0.3, 0.4) is 0 Å². The van der Waals surface area contributed by atoms with Crippen molar-refractivity contribution >= 4 is 23.2 Å². The van der Waals surface area contributed by atoms with E-state index in [4.69, 9.17) is 5.11 Å². The Bertz CT molecular complexity index is 397. The number of thiophene rings is 1. The molecule has 0 atom stereocenters. The van der Waals surface area contributed by atoms with E-state index < -0.39 is 5.97 Å². The lowest BCUT2D eigenvalue weighted by molar-refractivity contribution is -0.137. The van der Waals surface area contributed by atoms with Crippen molar-refractivity contribution in [3.63, 3.8) is 0 Å². The Morgan fingerprint density at radius 2 is 2.07 bits per heavy atom. The average Bonchev–Trinajstić information content (AvgIpc) is 2.45. The van der Waals surface area contributed by atoms with Gasteiger partial charge in [-0.15, -0.1) is 11.3 Å². The number of carboxylic acid groups (broad SMARTS) is 1. The zero-order chi connectivity index (χ0) is 11.6. The number of carbonyl (C=O) groups is 2. The summed E-state index contributed by atoms with van der Waals surface area (Å²) >= 11 is 1.50. The summed E-state index contributed by atoms with van der Waals surface area (Å²) in [7, 11) is 1.49. The second-order valence-electron chi connectivity index (χ2n) is 3.39. The average molecular weight is 227 g/mol. The molecule has 1 aromatic rings. The van der Waals surface area contributed by atoms with Crippen LogP contribution >= 0.6 is 11.3 Å². The molecule has 1 N–H and O–H groups in total. The van der Waals surface area contributed by atoms with Crippen molar-refractivity contribution in [2.24, 2.45) is 0 Å². The quantitative estimate of drug-likeness (QED) is 0.851. The van der Waals surface area contributed by atoms with Gasteiger partial charge in [0.15, 0.2) is 0 Å². The van der Waals surface area contributed by atoms with E-state index in [9.17, 15) is 9.59 Å². The van der Waals surface area contributed by atoms with E-state index in [1.165, 1.54) is 23.3 Å². The van der Waals surface area contributed by atoms with Gasteiger partial charge >= 0.3 is 5.97 Å². The molecular weight excluding hydrogens is 214 g/mol. The topological polar surface area (TPSA) is 57.6 Å². The number of aliphatic carboxylic acids is 1. The molecule has 0 bridgehead atoms. The highest BCUT2D eigenvalue weighted by Crippen LogP contribution is 2.21. The van der Waals surface area contributed by atoms with Crippen LogP contribution in [-0.2, 0) is 4.79 Å². The first-order chi connectivity index (χ1) is 6.93. The zero-order valence-corrected chi connectivity index (χ0v) is 9.72. The molecule has 0 fully saturated rings. The van der Waals surface area contributed by atoms with Crippen molar-refractivity contribution in [3.05, 3.63) is 21.4 Å². The lowest BCUT2D eigenvalue weighted by atomic mass is 10.1. The number of aryl methyl sites for hydroxylation is 1. The maximum Gasteiger partial charge on any atom is 0.323 e. The number of hydrogen-bond donors (Lipinski definition) is 1. The van der Waals surface area contributed by atoms with Crippen LogP contribution in [0.25, 0.3) is 0 Å². The summed E-state index contributed by atoms with van der Waals surface area (Å²) in [5, 5.41) is 10.3. The highest BCUT2D eigenvalue weighted by atomic mass is 32.1. The second-order valence-corrected chi connectivity index (χ2v) is 4.47. The minimum Gasteiger partial charge on any atom is -0.480 e. The highest BCUT2D eigenvalue weighted by molar-refractivity contribution is 7.10. The van der Waals surface area contributed by atoms with Gasteiger partial charge in [0.25, 0.3) is 5.91 Å². The smallest absolute Gasteiger partial charge is 0.323 e. The Hall–Kier alpha value is -1.36. The van der Waals surface area contributed by atoms with E-state index in [1.54, 1.807) is 5.38 Å². The largest absolute Gasteiger partial charge is 0.480 e. The summed E-state index contributed by atoms with van der Waals surface area (Å²) in [5.41, 5.74) is 1.53. The van der Waals surface area contributed by atoms with Crippen molar-refractivity contribution in [2.45, 2.75) is 13.8 Å². The molecule has 4 nitrogen and oxygen atoms in total. The number of carboxylic acids is 1. The molecule has 0 aliphatic carbocycles. The summed E-state index contributed by atoms with van der Waals surface area (Å²) in [6.07, 6.45) is 0. The fraction of sp³-hybridized carbons (Fsp3) is 0.400. The number of likely N-dealkylation sites (N-methyl/N-ethyl adjacent to an activating group) is 1. The molecule has 15 heavy (non-hydrogen) atoms. The van der Waals surface area contributed by atoms with E-state index in [1.807, 2.05) is 13.8 Å². The van der Waals surface area contributed by atoms with Gasteiger partial charge in [-0.05, 0) is 19.4 Å². The molecule has 0 unspecified atom stereocenters. The van der Waals surface area contributed by atoms with Crippen LogP contribution in [0.1, 0.15) is 20.8 Å². The summed E-state index contributed by atoms with van der Waals surface area (Å²) < 4.78 is 0. The molecular formula is C10H13NO3S. The number of amides is 1. The Labute approximate surface area is 92.1 Å². The predicted molar refractivity (Wildman–Crippen MR) is 58.4 cm³/mol. The van der Waals surface area contributed by atoms with Gasteiger partial charge in [-0.1, -0.05) is 0 Å². The number of rotatable bonds is 3. The molecule has 0 aliphatic rings. The van der Waals surface area contributed by atoms with E-state index in [2.05, 4.69) is 0 Å². The Kier molecular flexibility index (Phi) is 3.47. The minimum atomic E-state index is -1.00. The maximum absolute atomic E-state index is 11.8. The van der Waals surface area contributed by atoms with Gasteiger partial charge in [0, 0.05) is 17.3 Å². The van der Waals surface area contributed by atoms with Crippen LogP contribution in [0.15, 0.2) is 5.38 Å². The van der Waals surface area contributed by atoms with Crippen molar-refractivity contribution in [3.8, 4) is 0 Å². The van der Waals surface area contributed by atoms with Crippen LogP contribution in [-0.4, -0.2) is 35.5 Å². The lowest BCUT2D eigenvalue weighted by Crippen LogP contribution is -2.32. The standard InChI is InChI=1S/C10H13NO3S/c1-6-7(2)15-5-8(6)10(14)11(3)4-9(12)13/h5H,4H2,1-3H3,(H,12,13). The van der Waals surface area contributed by atoms with Crippen LogP contribution in [0, 0.1) is 13.8 Å². The predicted octanol–water partition coefficient (Wildman–Crippen LogP) is 1.52. The van der Waals surface area contributed by atoms with Crippen LogP contribution in [0.2, 0.25) is 0 Å². The molecule has 0 radical (unpaired) electrons. The maximum atomic E-state index is 11.8. The van der Waals surface area contributed by atoms with E-state index in [-0.39, 0.29) is 12.5 Å². The first-order valence-electron chi connectivity index (χ1n) is 4.45. The monoisotopic (exact) mass is 227 g/mol. The Balaban J connectivity index is 2.85. The fourth-order valence-electron chi connectivity index (χ4n) is 1.20. The lowest BCUT2D eigenvalue weighted by Gasteiger charge is -2.14. The number of hydrogen-bond acceptors (Lipinski definition) is 3. The van der Waals surface area contributed by atoms with Crippen LogP contribution in [0.4, 0.5) is 0 Å². The summed E-state index contributed by atoms with van der Waals surface area (Å²) in [6.45, 7) is 3.54. The van der Waals surface area contributed by atoms with E-state index in [0.717, 1.165) is 10.4 Å². The van der Waals surface area contributed by atoms with Crippen molar-refractivity contribution in [1.29, 1.82) is 0 Å². The van der Waals surface area contributed by atoms with Crippen LogP contribution < -0.4 is 0 Å². The molecule has 1 aromatic heterocycles. The van der Waals surface area contributed by atoms with Gasteiger partial charge in [-0.2, -0.15) is 0 Å².